The summed E-state index contributed by atoms with van der Waals surface area (Å²) < 4.78 is 0. The van der Waals surface area contributed by atoms with Crippen LogP contribution in [-0.4, -0.2) is 34.5 Å². The number of carbonyl (C=O) groups is 2. The van der Waals surface area contributed by atoms with Crippen LogP contribution in [0.4, 0.5) is 0 Å². The smallest absolute Gasteiger partial charge is 0.305 e. The van der Waals surface area contributed by atoms with Crippen LogP contribution in [-0.2, 0) is 9.59 Å². The van der Waals surface area contributed by atoms with Crippen molar-refractivity contribution >= 4 is 29.3 Å². The van der Waals surface area contributed by atoms with Crippen LogP contribution in [0.15, 0.2) is 17.5 Å². The first-order valence-corrected chi connectivity index (χ1v) is 7.04. The van der Waals surface area contributed by atoms with Crippen LogP contribution >= 0.6 is 11.3 Å². The molecule has 1 aromatic rings. The zero-order chi connectivity index (χ0) is 14.4. The van der Waals surface area contributed by atoms with Crippen LogP contribution in [0.1, 0.15) is 30.7 Å². The fraction of sp³-hybridized carbons (Fsp3) is 0.429. The monoisotopic (exact) mass is 281 g/mol. The van der Waals surface area contributed by atoms with Gasteiger partial charge in [-0.2, -0.15) is 0 Å². The molecule has 4 nitrogen and oxygen atoms in total. The van der Waals surface area contributed by atoms with E-state index in [9.17, 15) is 9.59 Å². The average molecular weight is 281 g/mol. The first kappa shape index (κ1) is 15.4. The Labute approximate surface area is 117 Å². The summed E-state index contributed by atoms with van der Waals surface area (Å²) in [7, 11) is 0. The van der Waals surface area contributed by atoms with E-state index in [1.807, 2.05) is 32.2 Å². The molecule has 0 radical (unpaired) electrons. The Morgan fingerprint density at radius 2 is 2.16 bits per heavy atom. The predicted octanol–water partition coefficient (Wildman–Crippen LogP) is 2.78. The number of hydrogen-bond donors (Lipinski definition) is 1. The molecule has 0 unspecified atom stereocenters. The number of nitrogens with zero attached hydrogens (tertiary/aromatic N) is 1. The number of amides is 1. The number of hydrogen-bond acceptors (Lipinski definition) is 3. The number of aryl methyl sites for hydroxylation is 1. The van der Waals surface area contributed by atoms with Crippen molar-refractivity contribution in [3.8, 4) is 0 Å². The third kappa shape index (κ3) is 4.87. The normalized spacial score (nSPS) is 11.2. The van der Waals surface area contributed by atoms with Gasteiger partial charge in [-0.25, -0.2) is 0 Å². The molecule has 1 N–H and O–H groups in total. The van der Waals surface area contributed by atoms with Gasteiger partial charge in [0.1, 0.15) is 0 Å². The van der Waals surface area contributed by atoms with Crippen molar-refractivity contribution in [1.82, 2.24) is 4.90 Å². The molecule has 0 saturated heterocycles. The van der Waals surface area contributed by atoms with Gasteiger partial charge in [-0.3, -0.25) is 9.59 Å². The van der Waals surface area contributed by atoms with Crippen molar-refractivity contribution in [2.75, 3.05) is 6.54 Å². The Kier molecular flexibility index (Phi) is 5.76. The van der Waals surface area contributed by atoms with E-state index in [1.54, 1.807) is 22.3 Å². The van der Waals surface area contributed by atoms with Crippen molar-refractivity contribution in [2.45, 2.75) is 33.2 Å². The Balaban J connectivity index is 2.69. The van der Waals surface area contributed by atoms with Crippen LogP contribution in [0.5, 0.6) is 0 Å². The summed E-state index contributed by atoms with van der Waals surface area (Å²) in [5.41, 5.74) is 1.13. The van der Waals surface area contributed by atoms with Crippen LogP contribution < -0.4 is 0 Å². The van der Waals surface area contributed by atoms with E-state index < -0.39 is 5.97 Å². The van der Waals surface area contributed by atoms with Crippen LogP contribution in [0, 0.1) is 6.92 Å². The summed E-state index contributed by atoms with van der Waals surface area (Å²) in [5.74, 6) is -1.04. The van der Waals surface area contributed by atoms with E-state index in [0.717, 1.165) is 10.4 Å². The van der Waals surface area contributed by atoms with Gasteiger partial charge in [0.15, 0.2) is 0 Å². The number of carbonyl (C=O) groups excluding carboxylic acids is 1. The molecule has 1 heterocycles. The zero-order valence-corrected chi connectivity index (χ0v) is 12.2. The number of thiophene rings is 1. The second-order valence-electron chi connectivity index (χ2n) is 4.57. The third-order valence-corrected chi connectivity index (χ3v) is 3.74. The first-order valence-electron chi connectivity index (χ1n) is 6.16. The molecule has 0 aromatic carbocycles. The average Bonchev–Trinajstić information content (AvgIpc) is 2.71. The van der Waals surface area contributed by atoms with Gasteiger partial charge in [-0.05, 0) is 43.9 Å². The second kappa shape index (κ2) is 7.09. The second-order valence-corrected chi connectivity index (χ2v) is 5.52. The molecular formula is C14H19NO3S. The number of aliphatic carboxylic acids is 1. The largest absolute Gasteiger partial charge is 0.481 e. The van der Waals surface area contributed by atoms with E-state index in [0.29, 0.717) is 0 Å². The molecule has 19 heavy (non-hydrogen) atoms. The third-order valence-electron chi connectivity index (χ3n) is 2.75. The summed E-state index contributed by atoms with van der Waals surface area (Å²) >= 11 is 1.58. The van der Waals surface area contributed by atoms with E-state index in [1.165, 1.54) is 6.08 Å². The maximum Gasteiger partial charge on any atom is 0.305 e. The summed E-state index contributed by atoms with van der Waals surface area (Å²) in [5, 5.41) is 10.7. The standard InChI is InChI=1S/C14H19NO3S/c1-10(2)15(8-6-14(17)18)13(16)5-4-12-11(3)7-9-19-12/h4-5,7,9-10H,6,8H2,1-3H3,(H,17,18)/b5-4+. The lowest BCUT2D eigenvalue weighted by atomic mass is 10.2. The molecule has 1 rings (SSSR count). The highest BCUT2D eigenvalue weighted by Gasteiger charge is 2.15. The minimum absolute atomic E-state index is 0.0130. The molecule has 0 fully saturated rings. The molecule has 0 aliphatic rings. The lowest BCUT2D eigenvalue weighted by molar-refractivity contribution is -0.138. The lowest BCUT2D eigenvalue weighted by Crippen LogP contribution is -2.37. The minimum Gasteiger partial charge on any atom is -0.481 e. The molecular weight excluding hydrogens is 262 g/mol. The zero-order valence-electron chi connectivity index (χ0n) is 11.4. The van der Waals surface area contributed by atoms with Crippen LogP contribution in [0.2, 0.25) is 0 Å². The molecule has 0 atom stereocenters. The maximum absolute atomic E-state index is 12.1. The Morgan fingerprint density at radius 1 is 1.47 bits per heavy atom. The molecule has 5 heteroatoms. The fourth-order valence-corrected chi connectivity index (χ4v) is 2.46. The van der Waals surface area contributed by atoms with Gasteiger partial charge < -0.3 is 10.0 Å². The lowest BCUT2D eigenvalue weighted by Gasteiger charge is -2.24. The van der Waals surface area contributed by atoms with Gasteiger partial charge in [0.2, 0.25) is 5.91 Å². The highest BCUT2D eigenvalue weighted by molar-refractivity contribution is 7.11. The summed E-state index contributed by atoms with van der Waals surface area (Å²) in [6.07, 6.45) is 3.27. The van der Waals surface area contributed by atoms with Crippen molar-refractivity contribution in [3.05, 3.63) is 28.0 Å². The highest BCUT2D eigenvalue weighted by atomic mass is 32.1. The van der Waals surface area contributed by atoms with Crippen LogP contribution in [0.25, 0.3) is 6.08 Å². The molecule has 0 bridgehead atoms. The molecule has 1 aromatic heterocycles. The van der Waals surface area contributed by atoms with Gasteiger partial charge in [0, 0.05) is 23.5 Å². The summed E-state index contributed by atoms with van der Waals surface area (Å²) in [6.45, 7) is 5.98. The van der Waals surface area contributed by atoms with Gasteiger partial charge in [0.25, 0.3) is 0 Å². The predicted molar refractivity (Wildman–Crippen MR) is 77.2 cm³/mol. The van der Waals surface area contributed by atoms with Gasteiger partial charge in [-0.1, -0.05) is 0 Å². The van der Waals surface area contributed by atoms with E-state index >= 15 is 0 Å². The van der Waals surface area contributed by atoms with Crippen LogP contribution in [0.3, 0.4) is 0 Å². The molecule has 0 spiro atoms. The van der Waals surface area contributed by atoms with Crippen molar-refractivity contribution in [1.29, 1.82) is 0 Å². The Hall–Kier alpha value is -1.62. The van der Waals surface area contributed by atoms with Gasteiger partial charge in [-0.15, -0.1) is 11.3 Å². The molecule has 1 amide bonds. The first-order chi connectivity index (χ1) is 8.91. The van der Waals surface area contributed by atoms with E-state index in [2.05, 4.69) is 0 Å². The number of carboxylic acids is 1. The van der Waals surface area contributed by atoms with Crippen molar-refractivity contribution in [3.63, 3.8) is 0 Å². The SMILES string of the molecule is Cc1ccsc1/C=C/C(=O)N(CCC(=O)O)C(C)C. The minimum atomic E-state index is -0.892. The van der Waals surface area contributed by atoms with Crippen molar-refractivity contribution in [2.24, 2.45) is 0 Å². The summed E-state index contributed by atoms with van der Waals surface area (Å²) in [6, 6.07) is 1.99. The molecule has 104 valence electrons. The maximum atomic E-state index is 12.1. The molecule has 0 aliphatic heterocycles. The number of carboxylic acid groups (broad SMARTS) is 1. The van der Waals surface area contributed by atoms with E-state index in [4.69, 9.17) is 5.11 Å². The quantitative estimate of drug-likeness (QED) is 0.816. The topological polar surface area (TPSA) is 57.6 Å². The fourth-order valence-electron chi connectivity index (χ4n) is 1.64. The van der Waals surface area contributed by atoms with Gasteiger partial charge >= 0.3 is 5.97 Å². The number of rotatable bonds is 6. The highest BCUT2D eigenvalue weighted by Crippen LogP contribution is 2.17. The Morgan fingerprint density at radius 3 is 2.63 bits per heavy atom. The summed E-state index contributed by atoms with van der Waals surface area (Å²) in [4.78, 5) is 25.3. The van der Waals surface area contributed by atoms with Gasteiger partial charge in [0.05, 0.1) is 6.42 Å². The van der Waals surface area contributed by atoms with E-state index in [-0.39, 0.29) is 24.9 Å². The molecule has 0 saturated carbocycles. The Bertz CT molecular complexity index is 477. The van der Waals surface area contributed by atoms with Crippen molar-refractivity contribution < 1.29 is 14.7 Å². The molecule has 0 aliphatic carbocycles.